The fourth-order valence-corrected chi connectivity index (χ4v) is 2.63. The minimum absolute atomic E-state index is 0. The first-order valence-electron chi connectivity index (χ1n) is 7.89. The molecule has 0 fully saturated rings. The minimum atomic E-state index is -4.64. The van der Waals surface area contributed by atoms with Crippen LogP contribution in [0.3, 0.4) is 0 Å². The molecule has 5 nitrogen and oxygen atoms in total. The van der Waals surface area contributed by atoms with Crippen LogP contribution in [0.2, 0.25) is 0 Å². The van der Waals surface area contributed by atoms with Gasteiger partial charge in [0.25, 0.3) is 5.91 Å². The number of nitrogens with two attached hydrogens (primary N) is 1. The van der Waals surface area contributed by atoms with E-state index in [1.165, 1.54) is 13.0 Å². The number of amides is 2. The van der Waals surface area contributed by atoms with Gasteiger partial charge in [0.15, 0.2) is 0 Å². The number of hydrogen-bond donors (Lipinski definition) is 3. The first kappa shape index (κ1) is 24.2. The maximum atomic E-state index is 13.1. The first-order chi connectivity index (χ1) is 11.4. The van der Waals surface area contributed by atoms with Crippen LogP contribution < -0.4 is 16.4 Å². The van der Waals surface area contributed by atoms with E-state index in [0.717, 1.165) is 12.1 Å². The second-order valence-electron chi connectivity index (χ2n) is 6.79. The summed E-state index contributed by atoms with van der Waals surface area (Å²) in [5, 5.41) is 4.98. The number of alkyl halides is 3. The van der Waals surface area contributed by atoms with Crippen molar-refractivity contribution in [1.82, 2.24) is 5.32 Å². The fraction of sp³-hybridized carbons (Fsp3) is 0.529. The second kappa shape index (κ2) is 9.23. The summed E-state index contributed by atoms with van der Waals surface area (Å²) < 4.78 is 39.2. The van der Waals surface area contributed by atoms with E-state index in [4.69, 9.17) is 5.73 Å². The summed E-state index contributed by atoms with van der Waals surface area (Å²) in [5.74, 6) is -0.964. The van der Waals surface area contributed by atoms with Crippen LogP contribution in [0.4, 0.5) is 18.9 Å². The Hall–Kier alpha value is -1.80. The molecule has 1 rings (SSSR count). The molecule has 0 spiro atoms. The van der Waals surface area contributed by atoms with Crippen molar-refractivity contribution >= 4 is 29.9 Å². The molecule has 0 saturated heterocycles. The largest absolute Gasteiger partial charge is 0.416 e. The zero-order valence-corrected chi connectivity index (χ0v) is 16.0. The van der Waals surface area contributed by atoms with Crippen molar-refractivity contribution in [2.75, 3.05) is 11.9 Å². The van der Waals surface area contributed by atoms with Crippen LogP contribution in [-0.2, 0) is 11.0 Å². The van der Waals surface area contributed by atoms with Crippen molar-refractivity contribution in [1.29, 1.82) is 0 Å². The standard InChI is InChI=1S/C17H24F3N3O2.ClH/c1-10(2)8-16(4,9-21)23-15(25)12-5-13(17(18,19)20)7-14(6-12)22-11(3)24;/h5-7,10H,8-9,21H2,1-4H3,(H,22,24)(H,23,25);1H. The molecule has 0 aliphatic rings. The molecule has 148 valence electrons. The van der Waals surface area contributed by atoms with Gasteiger partial charge in [-0.15, -0.1) is 12.4 Å². The van der Waals surface area contributed by atoms with Gasteiger partial charge in [-0.1, -0.05) is 13.8 Å². The lowest BCUT2D eigenvalue weighted by molar-refractivity contribution is -0.137. The third kappa shape index (κ3) is 7.21. The van der Waals surface area contributed by atoms with Crippen LogP contribution in [0, 0.1) is 5.92 Å². The van der Waals surface area contributed by atoms with E-state index in [1.807, 2.05) is 13.8 Å². The summed E-state index contributed by atoms with van der Waals surface area (Å²) in [7, 11) is 0. The number of halogens is 4. The average molecular weight is 396 g/mol. The van der Waals surface area contributed by atoms with E-state index in [9.17, 15) is 22.8 Å². The van der Waals surface area contributed by atoms with E-state index in [0.29, 0.717) is 6.42 Å². The molecule has 0 radical (unpaired) electrons. The molecular formula is C17H25ClF3N3O2. The topological polar surface area (TPSA) is 84.2 Å². The number of anilines is 1. The van der Waals surface area contributed by atoms with E-state index >= 15 is 0 Å². The highest BCUT2D eigenvalue weighted by Crippen LogP contribution is 2.32. The van der Waals surface area contributed by atoms with E-state index < -0.39 is 29.1 Å². The number of carbonyl (C=O) groups is 2. The van der Waals surface area contributed by atoms with Crippen molar-refractivity contribution in [3.05, 3.63) is 29.3 Å². The Kier molecular flexibility index (Phi) is 8.59. The lowest BCUT2D eigenvalue weighted by atomic mass is 9.90. The quantitative estimate of drug-likeness (QED) is 0.688. The van der Waals surface area contributed by atoms with Crippen molar-refractivity contribution in [3.63, 3.8) is 0 Å². The van der Waals surface area contributed by atoms with Gasteiger partial charge in [0, 0.05) is 30.3 Å². The van der Waals surface area contributed by atoms with Gasteiger partial charge in [-0.25, -0.2) is 0 Å². The van der Waals surface area contributed by atoms with Crippen LogP contribution in [0.5, 0.6) is 0 Å². The molecule has 0 bridgehead atoms. The van der Waals surface area contributed by atoms with Gasteiger partial charge in [-0.05, 0) is 37.5 Å². The summed E-state index contributed by atoms with van der Waals surface area (Å²) >= 11 is 0. The maximum absolute atomic E-state index is 13.1. The smallest absolute Gasteiger partial charge is 0.346 e. The third-order valence-corrected chi connectivity index (χ3v) is 3.57. The van der Waals surface area contributed by atoms with Crippen LogP contribution in [0.25, 0.3) is 0 Å². The molecule has 4 N–H and O–H groups in total. The number of nitrogens with one attached hydrogen (secondary N) is 2. The average Bonchev–Trinajstić information content (AvgIpc) is 2.44. The summed E-state index contributed by atoms with van der Waals surface area (Å²) in [4.78, 5) is 23.6. The Balaban J connectivity index is 0.00000625. The lowest BCUT2D eigenvalue weighted by Crippen LogP contribution is -2.52. The molecule has 1 unspecified atom stereocenters. The van der Waals surface area contributed by atoms with Gasteiger partial charge in [0.05, 0.1) is 5.56 Å². The Morgan fingerprint density at radius 2 is 1.77 bits per heavy atom. The fourth-order valence-electron chi connectivity index (χ4n) is 2.63. The number of rotatable bonds is 6. The summed E-state index contributed by atoms with van der Waals surface area (Å²) in [5.41, 5.74) is 3.69. The molecule has 1 aromatic rings. The van der Waals surface area contributed by atoms with Crippen LogP contribution in [0.15, 0.2) is 18.2 Å². The maximum Gasteiger partial charge on any atom is 0.416 e. The predicted octanol–water partition coefficient (Wildman–Crippen LogP) is 3.58. The number of hydrogen-bond acceptors (Lipinski definition) is 3. The highest BCUT2D eigenvalue weighted by molar-refractivity contribution is 5.97. The Morgan fingerprint density at radius 1 is 1.19 bits per heavy atom. The summed E-state index contributed by atoms with van der Waals surface area (Å²) in [6.07, 6.45) is -4.06. The third-order valence-electron chi connectivity index (χ3n) is 3.57. The SMILES string of the molecule is CC(=O)Nc1cc(C(=O)NC(C)(CN)CC(C)C)cc(C(F)(F)F)c1.Cl. The van der Waals surface area contributed by atoms with Crippen molar-refractivity contribution in [2.24, 2.45) is 11.7 Å². The molecule has 0 saturated carbocycles. The number of benzene rings is 1. The van der Waals surface area contributed by atoms with Gasteiger partial charge in [0.2, 0.25) is 5.91 Å². The highest BCUT2D eigenvalue weighted by Gasteiger charge is 2.33. The monoisotopic (exact) mass is 395 g/mol. The predicted molar refractivity (Wildman–Crippen MR) is 97.4 cm³/mol. The Bertz CT molecular complexity index is 651. The molecule has 1 atom stereocenters. The summed E-state index contributed by atoms with van der Waals surface area (Å²) in [6, 6.07) is 2.75. The lowest BCUT2D eigenvalue weighted by Gasteiger charge is -2.31. The molecule has 0 heterocycles. The molecule has 0 aliphatic heterocycles. The van der Waals surface area contributed by atoms with Crippen LogP contribution in [0.1, 0.15) is 50.0 Å². The van der Waals surface area contributed by atoms with E-state index in [-0.39, 0.29) is 36.1 Å². The van der Waals surface area contributed by atoms with Gasteiger partial charge < -0.3 is 16.4 Å². The van der Waals surface area contributed by atoms with Crippen LogP contribution >= 0.6 is 12.4 Å². The Labute approximate surface area is 157 Å². The molecule has 1 aromatic carbocycles. The second-order valence-corrected chi connectivity index (χ2v) is 6.79. The molecule has 9 heteroatoms. The Morgan fingerprint density at radius 3 is 2.19 bits per heavy atom. The molecule has 2 amide bonds. The van der Waals surface area contributed by atoms with Gasteiger partial charge >= 0.3 is 6.18 Å². The first-order valence-corrected chi connectivity index (χ1v) is 7.89. The van der Waals surface area contributed by atoms with Crippen molar-refractivity contribution < 1.29 is 22.8 Å². The summed E-state index contributed by atoms with van der Waals surface area (Å²) in [6.45, 7) is 6.98. The molecular weight excluding hydrogens is 371 g/mol. The van der Waals surface area contributed by atoms with Gasteiger partial charge in [-0.2, -0.15) is 13.2 Å². The van der Waals surface area contributed by atoms with Crippen molar-refractivity contribution in [2.45, 2.75) is 45.8 Å². The van der Waals surface area contributed by atoms with Gasteiger partial charge in [0.1, 0.15) is 0 Å². The normalized spacial score (nSPS) is 13.6. The molecule has 0 aromatic heterocycles. The highest BCUT2D eigenvalue weighted by atomic mass is 35.5. The number of carbonyl (C=O) groups excluding carboxylic acids is 2. The van der Waals surface area contributed by atoms with Gasteiger partial charge in [-0.3, -0.25) is 9.59 Å². The van der Waals surface area contributed by atoms with E-state index in [2.05, 4.69) is 10.6 Å². The molecule has 0 aliphatic carbocycles. The minimum Gasteiger partial charge on any atom is -0.346 e. The van der Waals surface area contributed by atoms with Crippen molar-refractivity contribution in [3.8, 4) is 0 Å². The molecule has 26 heavy (non-hydrogen) atoms. The van der Waals surface area contributed by atoms with Crippen LogP contribution in [-0.4, -0.2) is 23.9 Å². The van der Waals surface area contributed by atoms with E-state index in [1.54, 1.807) is 6.92 Å². The zero-order valence-electron chi connectivity index (χ0n) is 15.2. The zero-order chi connectivity index (χ0) is 19.4.